The van der Waals surface area contributed by atoms with Crippen LogP contribution in [0.25, 0.3) is 0 Å². The zero-order valence-corrected chi connectivity index (χ0v) is 19.4. The van der Waals surface area contributed by atoms with Crippen LogP contribution in [0.1, 0.15) is 68.7 Å². The molecule has 0 spiro atoms. The Bertz CT molecular complexity index is 762. The number of hydroxylamine groups is 1. The Hall–Kier alpha value is -0.920. The number of sulfonamides is 1. The van der Waals surface area contributed by atoms with Crippen LogP contribution in [0, 0.1) is 16.2 Å². The van der Waals surface area contributed by atoms with Crippen LogP contribution in [0.15, 0.2) is 16.3 Å². The van der Waals surface area contributed by atoms with Crippen LogP contribution in [-0.4, -0.2) is 53.7 Å². The van der Waals surface area contributed by atoms with E-state index in [-0.39, 0.29) is 22.3 Å². The van der Waals surface area contributed by atoms with Gasteiger partial charge in [0.05, 0.1) is 18.3 Å². The van der Waals surface area contributed by atoms with Crippen LogP contribution in [0.5, 0.6) is 0 Å². The van der Waals surface area contributed by atoms with E-state index in [1.54, 1.807) is 0 Å². The number of hydrogen-bond donors (Lipinski definition) is 1. The SMILES string of the molecule is CC(C)(C)C1=NC(C(C)(C)C)C(C(C)(C)C)=C2CC(N(O)S(C)(=O)=O)CN12. The molecule has 0 amide bonds. The molecule has 0 aromatic carbocycles. The molecule has 2 rings (SSSR count). The maximum Gasteiger partial charge on any atom is 0.233 e. The molecular weight excluding hydrogens is 362 g/mol. The number of nitrogens with zero attached hydrogens (tertiary/aromatic N) is 3. The summed E-state index contributed by atoms with van der Waals surface area (Å²) in [7, 11) is -3.68. The highest BCUT2D eigenvalue weighted by Crippen LogP contribution is 2.47. The first kappa shape index (κ1) is 22.4. The molecular formula is C20H37N3O3S. The molecule has 27 heavy (non-hydrogen) atoms. The van der Waals surface area contributed by atoms with E-state index in [2.05, 4.69) is 67.2 Å². The predicted octanol–water partition coefficient (Wildman–Crippen LogP) is 3.88. The van der Waals surface area contributed by atoms with Gasteiger partial charge in [-0.2, -0.15) is 0 Å². The highest BCUT2D eigenvalue weighted by atomic mass is 32.2. The van der Waals surface area contributed by atoms with Crippen LogP contribution in [-0.2, 0) is 10.0 Å². The summed E-state index contributed by atoms with van der Waals surface area (Å²) in [5.41, 5.74) is 2.01. The molecule has 0 radical (unpaired) electrons. The van der Waals surface area contributed by atoms with Crippen molar-refractivity contribution in [3.8, 4) is 0 Å². The summed E-state index contributed by atoms with van der Waals surface area (Å²) in [6, 6.07) is -0.485. The van der Waals surface area contributed by atoms with Crippen molar-refractivity contribution in [1.29, 1.82) is 0 Å². The molecule has 0 aliphatic carbocycles. The summed E-state index contributed by atoms with van der Waals surface area (Å²) in [4.78, 5) is 7.36. The third-order valence-corrected chi connectivity index (χ3v) is 6.17. The Kier molecular flexibility index (Phi) is 5.44. The molecule has 0 aromatic heterocycles. The van der Waals surface area contributed by atoms with Crippen molar-refractivity contribution in [2.24, 2.45) is 21.2 Å². The van der Waals surface area contributed by atoms with E-state index in [9.17, 15) is 13.6 Å². The van der Waals surface area contributed by atoms with Crippen molar-refractivity contribution < 1.29 is 13.6 Å². The Balaban J connectivity index is 2.68. The van der Waals surface area contributed by atoms with Gasteiger partial charge in [0.2, 0.25) is 10.0 Å². The lowest BCUT2D eigenvalue weighted by molar-refractivity contribution is -0.0299. The fraction of sp³-hybridized carbons (Fsp3) is 0.850. The number of hydrogen-bond acceptors (Lipinski definition) is 5. The molecule has 2 heterocycles. The lowest BCUT2D eigenvalue weighted by atomic mass is 9.70. The maximum absolute atomic E-state index is 11.9. The van der Waals surface area contributed by atoms with Gasteiger partial charge in [0.15, 0.2) is 0 Å². The quantitative estimate of drug-likeness (QED) is 0.715. The van der Waals surface area contributed by atoms with Gasteiger partial charge in [-0.15, -0.1) is 0 Å². The highest BCUT2D eigenvalue weighted by molar-refractivity contribution is 7.88. The van der Waals surface area contributed by atoms with E-state index in [1.807, 2.05) is 0 Å². The monoisotopic (exact) mass is 399 g/mol. The largest absolute Gasteiger partial charge is 0.332 e. The highest BCUT2D eigenvalue weighted by Gasteiger charge is 2.48. The van der Waals surface area contributed by atoms with Gasteiger partial charge < -0.3 is 4.90 Å². The third-order valence-electron chi connectivity index (χ3n) is 5.19. The normalized spacial score (nSPS) is 25.2. The van der Waals surface area contributed by atoms with E-state index in [1.165, 1.54) is 5.57 Å². The number of fused-ring (bicyclic) bond motifs is 1. The van der Waals surface area contributed by atoms with Gasteiger partial charge in [-0.05, 0) is 16.4 Å². The molecule has 0 saturated carbocycles. The van der Waals surface area contributed by atoms with Crippen LogP contribution in [0.2, 0.25) is 0 Å². The van der Waals surface area contributed by atoms with Crippen molar-refractivity contribution in [3.05, 3.63) is 11.3 Å². The summed E-state index contributed by atoms with van der Waals surface area (Å²) in [5, 5.41) is 10.3. The van der Waals surface area contributed by atoms with Gasteiger partial charge in [0.25, 0.3) is 0 Å². The summed E-state index contributed by atoms with van der Waals surface area (Å²) in [5.74, 6) is 0.967. The number of amidine groups is 1. The molecule has 1 fully saturated rings. The van der Waals surface area contributed by atoms with Gasteiger partial charge in [0.1, 0.15) is 5.84 Å². The minimum Gasteiger partial charge on any atom is -0.332 e. The smallest absolute Gasteiger partial charge is 0.233 e. The molecule has 1 saturated heterocycles. The fourth-order valence-electron chi connectivity index (χ4n) is 4.09. The average molecular weight is 400 g/mol. The van der Waals surface area contributed by atoms with E-state index in [0.29, 0.717) is 17.4 Å². The predicted molar refractivity (Wildman–Crippen MR) is 110 cm³/mol. The Morgan fingerprint density at radius 2 is 1.56 bits per heavy atom. The first-order chi connectivity index (χ1) is 11.8. The van der Waals surface area contributed by atoms with Gasteiger partial charge in [-0.3, -0.25) is 10.2 Å². The van der Waals surface area contributed by atoms with Crippen molar-refractivity contribution in [2.45, 2.75) is 80.8 Å². The zero-order chi connectivity index (χ0) is 21.2. The minimum absolute atomic E-state index is 0.0158. The van der Waals surface area contributed by atoms with E-state index in [0.717, 1.165) is 17.8 Å². The van der Waals surface area contributed by atoms with Crippen LogP contribution in [0.4, 0.5) is 0 Å². The van der Waals surface area contributed by atoms with Crippen molar-refractivity contribution >= 4 is 15.9 Å². The molecule has 2 unspecified atom stereocenters. The number of rotatable bonds is 2. The molecule has 2 aliphatic rings. The molecule has 6 nitrogen and oxygen atoms in total. The average Bonchev–Trinajstić information content (AvgIpc) is 2.84. The standard InChI is InChI=1S/C20H37N3O3S/c1-18(2,3)15-14-11-13(23(24)27(10,25)26)12-22(14)17(20(7,8)9)21-16(15)19(4,5)6/h13,16,24H,11-12H2,1-10H3. The second kappa shape index (κ2) is 6.56. The topological polar surface area (TPSA) is 73.2 Å². The van der Waals surface area contributed by atoms with Crippen LogP contribution in [0.3, 0.4) is 0 Å². The summed E-state index contributed by atoms with van der Waals surface area (Å²) in [6.07, 6.45) is 1.54. The first-order valence-electron chi connectivity index (χ1n) is 9.63. The first-order valence-corrected chi connectivity index (χ1v) is 11.5. The Labute approximate surface area is 165 Å². The molecule has 0 bridgehead atoms. The van der Waals surface area contributed by atoms with E-state index < -0.39 is 16.1 Å². The van der Waals surface area contributed by atoms with Gasteiger partial charge in [-0.1, -0.05) is 66.8 Å². The van der Waals surface area contributed by atoms with Gasteiger partial charge >= 0.3 is 0 Å². The van der Waals surface area contributed by atoms with Crippen molar-refractivity contribution in [2.75, 3.05) is 12.8 Å². The maximum atomic E-state index is 11.9. The molecule has 156 valence electrons. The molecule has 0 aromatic rings. The van der Waals surface area contributed by atoms with Gasteiger partial charge in [0, 0.05) is 24.1 Å². The van der Waals surface area contributed by atoms with Gasteiger partial charge in [-0.25, -0.2) is 8.42 Å². The molecule has 1 N–H and O–H groups in total. The van der Waals surface area contributed by atoms with Crippen LogP contribution >= 0.6 is 0 Å². The number of aliphatic imine (C=N–C) groups is 1. The van der Waals surface area contributed by atoms with Crippen LogP contribution < -0.4 is 0 Å². The second-order valence-corrected chi connectivity index (χ2v) is 12.9. The second-order valence-electron chi connectivity index (χ2n) is 11.1. The van der Waals surface area contributed by atoms with E-state index in [4.69, 9.17) is 4.99 Å². The Morgan fingerprint density at radius 1 is 1.04 bits per heavy atom. The minimum atomic E-state index is -3.68. The fourth-order valence-corrected chi connectivity index (χ4v) is 4.77. The molecule has 2 atom stereocenters. The summed E-state index contributed by atoms with van der Waals surface area (Å²) < 4.78 is 24.4. The summed E-state index contributed by atoms with van der Waals surface area (Å²) >= 11 is 0. The zero-order valence-electron chi connectivity index (χ0n) is 18.6. The molecule has 2 aliphatic heterocycles. The third kappa shape index (κ3) is 4.40. The van der Waals surface area contributed by atoms with Crippen molar-refractivity contribution in [1.82, 2.24) is 9.37 Å². The Morgan fingerprint density at radius 3 is 1.93 bits per heavy atom. The molecule has 7 heteroatoms. The summed E-state index contributed by atoms with van der Waals surface area (Å²) in [6.45, 7) is 20.0. The van der Waals surface area contributed by atoms with Crippen molar-refractivity contribution in [3.63, 3.8) is 0 Å². The van der Waals surface area contributed by atoms with E-state index >= 15 is 0 Å². The lowest BCUT2D eigenvalue weighted by Gasteiger charge is -2.45. The lowest BCUT2D eigenvalue weighted by Crippen LogP contribution is -2.47.